The number of aliphatic imine (C=N–C) groups is 1. The SMILES string of the molecule is COc1ccc(O)c(C2=N[C@@](C)(C(=O)O)CS2)c1. The molecule has 0 fully saturated rings. The average Bonchev–Trinajstić information content (AvgIpc) is 2.74. The van der Waals surface area contributed by atoms with E-state index in [0.29, 0.717) is 22.1 Å². The summed E-state index contributed by atoms with van der Waals surface area (Å²) in [6.45, 7) is 1.56. The van der Waals surface area contributed by atoms with Gasteiger partial charge in [0.05, 0.1) is 12.7 Å². The predicted octanol–water partition coefficient (Wildman–Crippen LogP) is 1.74. The molecule has 0 saturated heterocycles. The molecule has 0 amide bonds. The van der Waals surface area contributed by atoms with Gasteiger partial charge in [0.2, 0.25) is 0 Å². The summed E-state index contributed by atoms with van der Waals surface area (Å²) in [6, 6.07) is 4.79. The van der Waals surface area contributed by atoms with Crippen LogP contribution in [0.3, 0.4) is 0 Å². The maximum absolute atomic E-state index is 11.1. The van der Waals surface area contributed by atoms with E-state index < -0.39 is 11.5 Å². The Kier molecular flexibility index (Phi) is 3.21. The summed E-state index contributed by atoms with van der Waals surface area (Å²) < 4.78 is 5.08. The summed E-state index contributed by atoms with van der Waals surface area (Å²) in [5, 5.41) is 19.4. The lowest BCUT2D eigenvalue weighted by Crippen LogP contribution is -2.33. The van der Waals surface area contributed by atoms with Crippen LogP contribution in [0.2, 0.25) is 0 Å². The van der Waals surface area contributed by atoms with E-state index >= 15 is 0 Å². The van der Waals surface area contributed by atoms with Crippen molar-refractivity contribution in [1.82, 2.24) is 0 Å². The first kappa shape index (κ1) is 12.8. The van der Waals surface area contributed by atoms with Crippen LogP contribution in [-0.2, 0) is 4.79 Å². The summed E-state index contributed by atoms with van der Waals surface area (Å²) in [6.07, 6.45) is 0. The van der Waals surface area contributed by atoms with E-state index in [2.05, 4.69) is 4.99 Å². The summed E-state index contributed by atoms with van der Waals surface area (Å²) in [5.41, 5.74) is -0.625. The lowest BCUT2D eigenvalue weighted by molar-refractivity contribution is -0.141. The van der Waals surface area contributed by atoms with Crippen LogP contribution in [0, 0.1) is 0 Å². The first-order valence-corrected chi connectivity index (χ1v) is 6.28. The highest BCUT2D eigenvalue weighted by atomic mass is 32.2. The van der Waals surface area contributed by atoms with Crippen molar-refractivity contribution >= 4 is 22.8 Å². The molecule has 0 aliphatic carbocycles. The van der Waals surface area contributed by atoms with Crippen LogP contribution in [0.1, 0.15) is 12.5 Å². The molecule has 0 saturated carbocycles. The number of carboxylic acid groups (broad SMARTS) is 1. The molecular formula is C12H13NO4S. The Balaban J connectivity index is 2.42. The van der Waals surface area contributed by atoms with Gasteiger partial charge in [-0.05, 0) is 25.1 Å². The number of carboxylic acids is 1. The topological polar surface area (TPSA) is 79.1 Å². The number of ether oxygens (including phenoxy) is 1. The smallest absolute Gasteiger partial charge is 0.332 e. The van der Waals surface area contributed by atoms with Gasteiger partial charge in [-0.1, -0.05) is 0 Å². The van der Waals surface area contributed by atoms with Gasteiger partial charge in [-0.15, -0.1) is 11.8 Å². The lowest BCUT2D eigenvalue weighted by Gasteiger charge is -2.11. The van der Waals surface area contributed by atoms with E-state index in [4.69, 9.17) is 9.84 Å². The van der Waals surface area contributed by atoms with Gasteiger partial charge in [0.1, 0.15) is 16.5 Å². The molecule has 2 rings (SSSR count). The van der Waals surface area contributed by atoms with Crippen molar-refractivity contribution in [1.29, 1.82) is 0 Å². The zero-order valence-corrected chi connectivity index (χ0v) is 10.8. The van der Waals surface area contributed by atoms with Gasteiger partial charge in [-0.3, -0.25) is 4.99 Å². The van der Waals surface area contributed by atoms with Gasteiger partial charge in [-0.2, -0.15) is 0 Å². The standard InChI is InChI=1S/C12H13NO4S/c1-12(11(15)16)6-18-10(13-12)8-5-7(17-2)3-4-9(8)14/h3-5,14H,6H2,1-2H3,(H,15,16)/t12-/m1/s1. The van der Waals surface area contributed by atoms with Crippen molar-refractivity contribution in [3.05, 3.63) is 23.8 Å². The Hall–Kier alpha value is -1.69. The Morgan fingerprint density at radius 2 is 2.28 bits per heavy atom. The van der Waals surface area contributed by atoms with Crippen LogP contribution in [0.15, 0.2) is 23.2 Å². The molecule has 0 spiro atoms. The molecule has 1 aliphatic heterocycles. The molecule has 0 radical (unpaired) electrons. The Morgan fingerprint density at radius 1 is 1.56 bits per heavy atom. The number of aliphatic carboxylic acids is 1. The fourth-order valence-electron chi connectivity index (χ4n) is 1.56. The zero-order valence-electron chi connectivity index (χ0n) is 10.0. The number of hydrogen-bond donors (Lipinski definition) is 2. The van der Waals surface area contributed by atoms with Gasteiger partial charge in [0.15, 0.2) is 5.54 Å². The minimum absolute atomic E-state index is 0.0664. The molecule has 2 N–H and O–H groups in total. The normalized spacial score (nSPS) is 22.7. The third-order valence-corrected chi connectivity index (χ3v) is 4.02. The fourth-order valence-corrected chi connectivity index (χ4v) is 2.75. The number of rotatable bonds is 3. The van der Waals surface area contributed by atoms with Crippen molar-refractivity contribution in [2.24, 2.45) is 4.99 Å². The number of carbonyl (C=O) groups is 1. The Morgan fingerprint density at radius 3 is 2.83 bits per heavy atom. The van der Waals surface area contributed by atoms with E-state index in [1.54, 1.807) is 19.1 Å². The molecular weight excluding hydrogens is 254 g/mol. The van der Waals surface area contributed by atoms with Gasteiger partial charge in [0.25, 0.3) is 0 Å². The number of phenols is 1. The van der Waals surface area contributed by atoms with Gasteiger partial charge in [-0.25, -0.2) is 4.79 Å². The third kappa shape index (κ3) is 2.15. The number of methoxy groups -OCH3 is 1. The highest BCUT2D eigenvalue weighted by molar-refractivity contribution is 8.14. The first-order chi connectivity index (χ1) is 8.46. The molecule has 1 atom stereocenters. The molecule has 6 heteroatoms. The van der Waals surface area contributed by atoms with Crippen molar-refractivity contribution in [2.45, 2.75) is 12.5 Å². The van der Waals surface area contributed by atoms with E-state index in [1.807, 2.05) is 0 Å². The number of aromatic hydroxyl groups is 1. The minimum Gasteiger partial charge on any atom is -0.507 e. The van der Waals surface area contributed by atoms with E-state index in [9.17, 15) is 9.90 Å². The fraction of sp³-hybridized carbons (Fsp3) is 0.333. The first-order valence-electron chi connectivity index (χ1n) is 5.30. The number of thioether (sulfide) groups is 1. The van der Waals surface area contributed by atoms with E-state index in [1.165, 1.54) is 24.9 Å². The number of hydrogen-bond acceptors (Lipinski definition) is 5. The molecule has 5 nitrogen and oxygen atoms in total. The summed E-state index contributed by atoms with van der Waals surface area (Å²) in [5.74, 6) is 0.0491. The molecule has 0 aromatic heterocycles. The Bertz CT molecular complexity index is 529. The molecule has 1 aliphatic rings. The van der Waals surface area contributed by atoms with Crippen LogP contribution >= 0.6 is 11.8 Å². The summed E-state index contributed by atoms with van der Waals surface area (Å²) in [4.78, 5) is 15.3. The molecule has 18 heavy (non-hydrogen) atoms. The number of phenolic OH excluding ortho intramolecular Hbond substituents is 1. The summed E-state index contributed by atoms with van der Waals surface area (Å²) >= 11 is 1.32. The monoisotopic (exact) mass is 267 g/mol. The molecule has 1 heterocycles. The number of benzene rings is 1. The third-order valence-electron chi connectivity index (χ3n) is 2.73. The van der Waals surface area contributed by atoms with E-state index in [0.717, 1.165) is 0 Å². The van der Waals surface area contributed by atoms with Gasteiger partial charge in [0, 0.05) is 5.75 Å². The van der Waals surface area contributed by atoms with E-state index in [-0.39, 0.29) is 5.75 Å². The van der Waals surface area contributed by atoms with Crippen LogP contribution in [0.5, 0.6) is 11.5 Å². The maximum atomic E-state index is 11.1. The van der Waals surface area contributed by atoms with Crippen molar-refractivity contribution in [2.75, 3.05) is 12.9 Å². The second-order valence-electron chi connectivity index (χ2n) is 4.17. The molecule has 0 bridgehead atoms. The molecule has 96 valence electrons. The quantitative estimate of drug-likeness (QED) is 0.872. The van der Waals surface area contributed by atoms with Crippen molar-refractivity contribution in [3.8, 4) is 11.5 Å². The molecule has 1 aromatic rings. The van der Waals surface area contributed by atoms with Crippen molar-refractivity contribution < 1.29 is 19.7 Å². The largest absolute Gasteiger partial charge is 0.507 e. The maximum Gasteiger partial charge on any atom is 0.332 e. The van der Waals surface area contributed by atoms with Gasteiger partial charge < -0.3 is 14.9 Å². The van der Waals surface area contributed by atoms with Crippen LogP contribution < -0.4 is 4.74 Å². The number of nitrogens with zero attached hydrogens (tertiary/aromatic N) is 1. The lowest BCUT2D eigenvalue weighted by atomic mass is 10.1. The van der Waals surface area contributed by atoms with Crippen LogP contribution in [0.4, 0.5) is 0 Å². The van der Waals surface area contributed by atoms with Crippen LogP contribution in [0.25, 0.3) is 0 Å². The molecule has 0 unspecified atom stereocenters. The highest BCUT2D eigenvalue weighted by Gasteiger charge is 2.39. The summed E-state index contributed by atoms with van der Waals surface area (Å²) in [7, 11) is 1.53. The second kappa shape index (κ2) is 4.53. The van der Waals surface area contributed by atoms with Crippen molar-refractivity contribution in [3.63, 3.8) is 0 Å². The zero-order chi connectivity index (χ0) is 13.3. The Labute approximate surface area is 108 Å². The highest BCUT2D eigenvalue weighted by Crippen LogP contribution is 2.35. The molecule has 1 aromatic carbocycles. The van der Waals surface area contributed by atoms with Gasteiger partial charge >= 0.3 is 5.97 Å². The predicted molar refractivity (Wildman–Crippen MR) is 69.7 cm³/mol. The second-order valence-corrected chi connectivity index (χ2v) is 5.13. The average molecular weight is 267 g/mol. The van der Waals surface area contributed by atoms with Crippen LogP contribution in [-0.4, -0.2) is 39.6 Å². The minimum atomic E-state index is -1.13.